The maximum Gasteiger partial charge on any atom is 0.241 e. The van der Waals surface area contributed by atoms with Gasteiger partial charge in [-0.3, -0.25) is 4.79 Å². The Balaban J connectivity index is 0.00000169. The van der Waals surface area contributed by atoms with E-state index in [0.29, 0.717) is 30.5 Å². The van der Waals surface area contributed by atoms with E-state index in [1.54, 1.807) is 42.6 Å². The molecule has 7 nitrogen and oxygen atoms in total. The van der Waals surface area contributed by atoms with E-state index in [4.69, 9.17) is 15.2 Å². The Morgan fingerprint density at radius 1 is 1.23 bits per heavy atom. The predicted molar refractivity (Wildman–Crippen MR) is 103 cm³/mol. The van der Waals surface area contributed by atoms with E-state index in [1.165, 1.54) is 0 Å². The normalized spacial score (nSPS) is 15.1. The summed E-state index contributed by atoms with van der Waals surface area (Å²) in [5, 5.41) is 10.5. The van der Waals surface area contributed by atoms with Crippen LogP contribution in [0.15, 0.2) is 42.6 Å². The Hall–Kier alpha value is -1.93. The molecule has 26 heavy (non-hydrogen) atoms. The Morgan fingerprint density at radius 2 is 2.00 bits per heavy atom. The first kappa shape index (κ1) is 22.1. The fraction of sp³-hybridized carbons (Fsp3) is 0.353. The van der Waals surface area contributed by atoms with Crippen LogP contribution in [-0.2, 0) is 9.53 Å². The Bertz CT molecular complexity index is 685. The molecule has 1 unspecified atom stereocenters. The lowest BCUT2D eigenvalue weighted by Gasteiger charge is -2.26. The van der Waals surface area contributed by atoms with Crippen LogP contribution < -0.4 is 15.8 Å². The average Bonchev–Trinajstić information content (AvgIpc) is 2.63. The van der Waals surface area contributed by atoms with E-state index in [9.17, 15) is 4.79 Å². The summed E-state index contributed by atoms with van der Waals surface area (Å²) in [4.78, 5) is 12.3. The van der Waals surface area contributed by atoms with E-state index in [1.807, 2.05) is 0 Å². The predicted octanol–water partition coefficient (Wildman–Crippen LogP) is 2.80. The zero-order valence-electron chi connectivity index (χ0n) is 14.0. The van der Waals surface area contributed by atoms with Crippen LogP contribution >= 0.6 is 24.8 Å². The lowest BCUT2D eigenvalue weighted by atomic mass is 9.92. The molecule has 9 heteroatoms. The van der Waals surface area contributed by atoms with Crippen molar-refractivity contribution in [2.24, 2.45) is 11.7 Å². The molecule has 142 valence electrons. The Kier molecular flexibility index (Phi) is 9.29. The molecule has 1 atom stereocenters. The fourth-order valence-corrected chi connectivity index (χ4v) is 2.61. The molecule has 0 spiro atoms. The van der Waals surface area contributed by atoms with Gasteiger partial charge in [0.05, 0.1) is 6.04 Å². The van der Waals surface area contributed by atoms with E-state index in [-0.39, 0.29) is 36.6 Å². The lowest BCUT2D eigenvalue weighted by molar-refractivity contribution is -0.119. The van der Waals surface area contributed by atoms with Gasteiger partial charge in [-0.1, -0.05) is 6.07 Å². The first-order valence-corrected chi connectivity index (χ1v) is 7.92. The number of aromatic nitrogens is 2. The van der Waals surface area contributed by atoms with E-state index in [0.717, 1.165) is 12.8 Å². The first-order chi connectivity index (χ1) is 11.7. The molecule has 3 rings (SSSR count). The van der Waals surface area contributed by atoms with Gasteiger partial charge in [0.1, 0.15) is 5.75 Å². The molecular weight excluding hydrogens is 379 g/mol. The van der Waals surface area contributed by atoms with E-state index < -0.39 is 6.04 Å². The van der Waals surface area contributed by atoms with E-state index in [2.05, 4.69) is 15.5 Å². The van der Waals surface area contributed by atoms with Crippen molar-refractivity contribution in [2.75, 3.05) is 18.5 Å². The van der Waals surface area contributed by atoms with Crippen molar-refractivity contribution < 1.29 is 14.3 Å². The van der Waals surface area contributed by atoms with Gasteiger partial charge in [0.15, 0.2) is 0 Å². The third-order valence-electron chi connectivity index (χ3n) is 3.95. The Labute approximate surface area is 164 Å². The van der Waals surface area contributed by atoms with Crippen LogP contribution in [0.2, 0.25) is 0 Å². The minimum atomic E-state index is -0.543. The number of nitrogens with one attached hydrogen (secondary N) is 1. The third kappa shape index (κ3) is 6.10. The molecule has 0 radical (unpaired) electrons. The zero-order chi connectivity index (χ0) is 16.8. The topological polar surface area (TPSA) is 99.4 Å². The molecule has 2 heterocycles. The molecular formula is C17H22Cl2N4O3. The maximum absolute atomic E-state index is 12.3. The largest absolute Gasteiger partial charge is 0.437 e. The number of rotatable bonds is 5. The molecule has 2 aromatic rings. The molecule has 0 aliphatic carbocycles. The van der Waals surface area contributed by atoms with Crippen molar-refractivity contribution in [1.29, 1.82) is 0 Å². The van der Waals surface area contributed by atoms with Gasteiger partial charge in [0.25, 0.3) is 0 Å². The lowest BCUT2D eigenvalue weighted by Crippen LogP contribution is -2.43. The number of carbonyl (C=O) groups excluding carboxylic acids is 1. The number of ether oxygens (including phenoxy) is 2. The van der Waals surface area contributed by atoms with Crippen molar-refractivity contribution >= 4 is 36.4 Å². The number of hydrogen-bond acceptors (Lipinski definition) is 6. The smallest absolute Gasteiger partial charge is 0.241 e. The third-order valence-corrected chi connectivity index (χ3v) is 3.95. The fourth-order valence-electron chi connectivity index (χ4n) is 2.61. The highest BCUT2D eigenvalue weighted by atomic mass is 35.5. The summed E-state index contributed by atoms with van der Waals surface area (Å²) in [7, 11) is 0. The van der Waals surface area contributed by atoms with Crippen molar-refractivity contribution in [3.8, 4) is 11.6 Å². The van der Waals surface area contributed by atoms with Gasteiger partial charge in [-0.25, -0.2) is 0 Å². The summed E-state index contributed by atoms with van der Waals surface area (Å²) >= 11 is 0. The number of nitrogens with two attached hydrogens (primary N) is 1. The summed E-state index contributed by atoms with van der Waals surface area (Å²) in [6.45, 7) is 1.32. The zero-order valence-corrected chi connectivity index (χ0v) is 15.7. The van der Waals surface area contributed by atoms with Gasteiger partial charge in [0, 0.05) is 37.2 Å². The maximum atomic E-state index is 12.3. The van der Waals surface area contributed by atoms with Crippen LogP contribution in [0.1, 0.15) is 12.8 Å². The van der Waals surface area contributed by atoms with Crippen molar-refractivity contribution in [3.05, 3.63) is 42.6 Å². The van der Waals surface area contributed by atoms with Gasteiger partial charge in [-0.05, 0) is 37.0 Å². The highest BCUT2D eigenvalue weighted by Crippen LogP contribution is 2.23. The average molecular weight is 401 g/mol. The summed E-state index contributed by atoms with van der Waals surface area (Å²) < 4.78 is 10.9. The number of carbonyl (C=O) groups is 1. The second kappa shape index (κ2) is 10.9. The van der Waals surface area contributed by atoms with Gasteiger partial charge < -0.3 is 20.5 Å². The molecule has 1 fully saturated rings. The number of benzene rings is 1. The first-order valence-electron chi connectivity index (χ1n) is 7.92. The molecule has 1 saturated heterocycles. The minimum Gasteiger partial charge on any atom is -0.437 e. The number of halogens is 2. The van der Waals surface area contributed by atoms with Crippen LogP contribution in [0, 0.1) is 5.92 Å². The van der Waals surface area contributed by atoms with Gasteiger partial charge >= 0.3 is 0 Å². The van der Waals surface area contributed by atoms with Crippen molar-refractivity contribution in [3.63, 3.8) is 0 Å². The molecule has 1 aliphatic rings. The highest BCUT2D eigenvalue weighted by molar-refractivity contribution is 5.95. The van der Waals surface area contributed by atoms with Crippen molar-refractivity contribution in [2.45, 2.75) is 18.9 Å². The quantitative estimate of drug-likeness (QED) is 0.800. The van der Waals surface area contributed by atoms with Crippen LogP contribution in [0.3, 0.4) is 0 Å². The Morgan fingerprint density at radius 3 is 2.69 bits per heavy atom. The summed E-state index contributed by atoms with van der Waals surface area (Å²) in [6.07, 6.45) is 3.19. The number of anilines is 1. The second-order valence-corrected chi connectivity index (χ2v) is 5.66. The summed E-state index contributed by atoms with van der Waals surface area (Å²) in [5.74, 6) is 0.907. The van der Waals surface area contributed by atoms with E-state index >= 15 is 0 Å². The SMILES string of the molecule is Cl.Cl.NC(C(=O)Nc1cccc(Oc2cccnn2)c1)C1CCOCC1. The molecule has 1 aromatic heterocycles. The van der Waals surface area contributed by atoms with Crippen LogP contribution in [0.4, 0.5) is 5.69 Å². The van der Waals surface area contributed by atoms with Crippen molar-refractivity contribution in [1.82, 2.24) is 10.2 Å². The van der Waals surface area contributed by atoms with Gasteiger partial charge in [-0.2, -0.15) is 5.10 Å². The summed E-state index contributed by atoms with van der Waals surface area (Å²) in [6, 6.07) is 9.99. The summed E-state index contributed by atoms with van der Waals surface area (Å²) in [5.41, 5.74) is 6.71. The molecule has 1 amide bonds. The van der Waals surface area contributed by atoms with Crippen LogP contribution in [0.5, 0.6) is 11.6 Å². The minimum absolute atomic E-state index is 0. The molecule has 1 aliphatic heterocycles. The number of amides is 1. The highest BCUT2D eigenvalue weighted by Gasteiger charge is 2.26. The number of nitrogens with zero attached hydrogens (tertiary/aromatic N) is 2. The molecule has 3 N–H and O–H groups in total. The second-order valence-electron chi connectivity index (χ2n) is 5.66. The monoisotopic (exact) mass is 400 g/mol. The van der Waals surface area contributed by atoms with Gasteiger partial charge in [0.2, 0.25) is 11.8 Å². The molecule has 0 saturated carbocycles. The molecule has 1 aromatic carbocycles. The van der Waals surface area contributed by atoms with Gasteiger partial charge in [-0.15, -0.1) is 29.9 Å². The van der Waals surface area contributed by atoms with Crippen LogP contribution in [-0.4, -0.2) is 35.4 Å². The number of hydrogen-bond donors (Lipinski definition) is 2. The van der Waals surface area contributed by atoms with Crippen LogP contribution in [0.25, 0.3) is 0 Å². The standard InChI is InChI=1S/C17H20N4O3.2ClH/c18-16(12-6-9-23-10-7-12)17(22)20-13-3-1-4-14(11-13)24-15-5-2-8-19-21-15;;/h1-5,8,11-12,16H,6-7,9-10,18H2,(H,20,22);2*1H. The molecule has 0 bridgehead atoms.